The Morgan fingerprint density at radius 3 is 2.39 bits per heavy atom. The number of thiazole rings is 1. The lowest BCUT2D eigenvalue weighted by Gasteiger charge is -2.55. The molecule has 4 saturated carbocycles. The minimum Gasteiger partial charge on any atom is -0.301 e. The van der Waals surface area contributed by atoms with Gasteiger partial charge in [-0.1, -0.05) is 0 Å². The van der Waals surface area contributed by atoms with Crippen molar-refractivity contribution < 1.29 is 14.8 Å². The summed E-state index contributed by atoms with van der Waals surface area (Å²) in [5.74, 6) is 1.80. The summed E-state index contributed by atoms with van der Waals surface area (Å²) in [7, 11) is 0. The molecule has 4 aliphatic rings. The standard InChI is InChI=1S/C16H21N3O3S/c20-13(19-22)4-12-8-23-15(17-12)18-14(21)16-5-9-1-10(6-16)3-11(2-9)7-16/h8-11,22H,1-7H2,(H,19,20)(H,17,18,21). The highest BCUT2D eigenvalue weighted by Gasteiger charge is 2.54. The lowest BCUT2D eigenvalue weighted by molar-refractivity contribution is -0.140. The number of carbonyl (C=O) groups is 2. The smallest absolute Gasteiger partial charge is 0.249 e. The van der Waals surface area contributed by atoms with Crippen LogP contribution in [-0.2, 0) is 16.0 Å². The minimum absolute atomic E-state index is 0.0141. The number of nitrogens with one attached hydrogen (secondary N) is 2. The van der Waals surface area contributed by atoms with E-state index in [1.165, 1.54) is 30.6 Å². The van der Waals surface area contributed by atoms with E-state index in [0.29, 0.717) is 10.8 Å². The van der Waals surface area contributed by atoms with Gasteiger partial charge in [-0.25, -0.2) is 10.5 Å². The van der Waals surface area contributed by atoms with Crippen molar-refractivity contribution in [1.82, 2.24) is 10.5 Å². The summed E-state index contributed by atoms with van der Waals surface area (Å²) in [6, 6.07) is 0. The fourth-order valence-corrected chi connectivity index (χ4v) is 5.97. The van der Waals surface area contributed by atoms with E-state index in [2.05, 4.69) is 10.3 Å². The fraction of sp³-hybridized carbons (Fsp3) is 0.688. The predicted molar refractivity (Wildman–Crippen MR) is 85.0 cm³/mol. The third-order valence-electron chi connectivity index (χ3n) is 5.76. The minimum atomic E-state index is -0.505. The SMILES string of the molecule is O=C(Cc1csc(NC(=O)C23CC4CC(CC(C4)C2)C3)n1)NO. The summed E-state index contributed by atoms with van der Waals surface area (Å²) in [5.41, 5.74) is 1.96. The molecular weight excluding hydrogens is 314 g/mol. The number of aromatic nitrogens is 1. The zero-order chi connectivity index (χ0) is 16.0. The van der Waals surface area contributed by atoms with Crippen LogP contribution in [0.4, 0.5) is 5.13 Å². The quantitative estimate of drug-likeness (QED) is 0.582. The van der Waals surface area contributed by atoms with Crippen LogP contribution in [0.5, 0.6) is 0 Å². The van der Waals surface area contributed by atoms with E-state index in [1.54, 1.807) is 10.9 Å². The first kappa shape index (κ1) is 15.1. The first-order valence-electron chi connectivity index (χ1n) is 8.25. The molecule has 0 radical (unpaired) electrons. The molecule has 7 heteroatoms. The highest BCUT2D eigenvalue weighted by molar-refractivity contribution is 7.13. The van der Waals surface area contributed by atoms with Crippen LogP contribution in [0.25, 0.3) is 0 Å². The molecule has 0 aromatic carbocycles. The summed E-state index contributed by atoms with van der Waals surface area (Å²) in [4.78, 5) is 28.3. The van der Waals surface area contributed by atoms with E-state index in [-0.39, 0.29) is 17.7 Å². The molecule has 3 N–H and O–H groups in total. The van der Waals surface area contributed by atoms with E-state index in [9.17, 15) is 9.59 Å². The number of hydroxylamine groups is 1. The second-order valence-electron chi connectivity index (χ2n) is 7.51. The molecular formula is C16H21N3O3S. The van der Waals surface area contributed by atoms with Gasteiger partial charge < -0.3 is 5.32 Å². The first-order valence-corrected chi connectivity index (χ1v) is 9.13. The zero-order valence-electron chi connectivity index (χ0n) is 12.9. The summed E-state index contributed by atoms with van der Waals surface area (Å²) < 4.78 is 0. The number of anilines is 1. The van der Waals surface area contributed by atoms with Crippen molar-refractivity contribution in [3.63, 3.8) is 0 Å². The van der Waals surface area contributed by atoms with Crippen molar-refractivity contribution in [3.05, 3.63) is 11.1 Å². The Morgan fingerprint density at radius 1 is 1.22 bits per heavy atom. The Balaban J connectivity index is 1.45. The second kappa shape index (κ2) is 5.56. The molecule has 0 saturated heterocycles. The van der Waals surface area contributed by atoms with Crippen molar-refractivity contribution in [2.45, 2.75) is 44.9 Å². The maximum atomic E-state index is 12.9. The zero-order valence-corrected chi connectivity index (χ0v) is 13.7. The number of amides is 2. The van der Waals surface area contributed by atoms with Gasteiger partial charge in [0.2, 0.25) is 11.8 Å². The molecule has 6 nitrogen and oxygen atoms in total. The average Bonchev–Trinajstić information content (AvgIpc) is 2.92. The van der Waals surface area contributed by atoms with Crippen LogP contribution < -0.4 is 10.8 Å². The van der Waals surface area contributed by atoms with Gasteiger partial charge in [-0.05, 0) is 56.3 Å². The Morgan fingerprint density at radius 2 is 1.83 bits per heavy atom. The molecule has 0 atom stereocenters. The fourth-order valence-electron chi connectivity index (χ4n) is 5.27. The number of carbonyl (C=O) groups excluding carboxylic acids is 2. The number of rotatable bonds is 4. The summed E-state index contributed by atoms with van der Waals surface area (Å²) in [6.07, 6.45) is 7.01. The maximum Gasteiger partial charge on any atom is 0.249 e. The molecule has 1 aromatic rings. The number of hydrogen-bond acceptors (Lipinski definition) is 5. The average molecular weight is 335 g/mol. The Bertz CT molecular complexity index is 607. The lowest BCUT2D eigenvalue weighted by atomic mass is 9.49. The molecule has 0 spiro atoms. The molecule has 5 rings (SSSR count). The Labute approximate surface area is 138 Å². The maximum absolute atomic E-state index is 12.9. The molecule has 0 aliphatic heterocycles. The van der Waals surface area contributed by atoms with Crippen molar-refractivity contribution in [3.8, 4) is 0 Å². The summed E-state index contributed by atoms with van der Waals surface area (Å²) >= 11 is 1.33. The van der Waals surface area contributed by atoms with Crippen molar-refractivity contribution >= 4 is 28.3 Å². The monoisotopic (exact) mass is 335 g/mol. The van der Waals surface area contributed by atoms with E-state index in [1.807, 2.05) is 0 Å². The van der Waals surface area contributed by atoms with Gasteiger partial charge >= 0.3 is 0 Å². The van der Waals surface area contributed by atoms with Gasteiger partial charge in [-0.2, -0.15) is 0 Å². The van der Waals surface area contributed by atoms with Crippen molar-refractivity contribution in [1.29, 1.82) is 0 Å². The topological polar surface area (TPSA) is 91.3 Å². The van der Waals surface area contributed by atoms with Crippen LogP contribution >= 0.6 is 11.3 Å². The molecule has 4 aliphatic carbocycles. The van der Waals surface area contributed by atoms with Gasteiger partial charge in [0.05, 0.1) is 17.5 Å². The molecule has 4 fully saturated rings. The van der Waals surface area contributed by atoms with Crippen LogP contribution in [-0.4, -0.2) is 22.0 Å². The van der Waals surface area contributed by atoms with Crippen LogP contribution in [0.3, 0.4) is 0 Å². The van der Waals surface area contributed by atoms with Gasteiger partial charge in [0.15, 0.2) is 5.13 Å². The highest BCUT2D eigenvalue weighted by Crippen LogP contribution is 2.60. The summed E-state index contributed by atoms with van der Waals surface area (Å²) in [6.45, 7) is 0. The van der Waals surface area contributed by atoms with Gasteiger partial charge in [0.1, 0.15) is 0 Å². The predicted octanol–water partition coefficient (Wildman–Crippen LogP) is 2.35. The molecule has 23 heavy (non-hydrogen) atoms. The molecule has 0 unspecified atom stereocenters. The molecule has 4 bridgehead atoms. The molecule has 1 aromatic heterocycles. The highest BCUT2D eigenvalue weighted by atomic mass is 32.1. The van der Waals surface area contributed by atoms with Gasteiger partial charge in [0, 0.05) is 5.38 Å². The van der Waals surface area contributed by atoms with E-state index in [0.717, 1.165) is 37.0 Å². The number of hydrogen-bond donors (Lipinski definition) is 3. The summed E-state index contributed by atoms with van der Waals surface area (Å²) in [5, 5.41) is 13.8. The largest absolute Gasteiger partial charge is 0.301 e. The van der Waals surface area contributed by atoms with Gasteiger partial charge in [-0.3, -0.25) is 14.8 Å². The molecule has 1 heterocycles. The Kier molecular flexibility index (Phi) is 3.65. The third kappa shape index (κ3) is 2.76. The van der Waals surface area contributed by atoms with E-state index < -0.39 is 5.91 Å². The normalized spacial score (nSPS) is 34.4. The molecule has 2 amide bonds. The van der Waals surface area contributed by atoms with Crippen LogP contribution in [0, 0.1) is 23.2 Å². The van der Waals surface area contributed by atoms with E-state index >= 15 is 0 Å². The lowest BCUT2D eigenvalue weighted by Crippen LogP contribution is -2.51. The van der Waals surface area contributed by atoms with Crippen LogP contribution in [0.2, 0.25) is 0 Å². The van der Waals surface area contributed by atoms with Crippen molar-refractivity contribution in [2.75, 3.05) is 5.32 Å². The van der Waals surface area contributed by atoms with Gasteiger partial charge in [0.25, 0.3) is 0 Å². The third-order valence-corrected chi connectivity index (χ3v) is 6.57. The number of nitrogens with zero attached hydrogens (tertiary/aromatic N) is 1. The van der Waals surface area contributed by atoms with Crippen molar-refractivity contribution in [2.24, 2.45) is 23.2 Å². The van der Waals surface area contributed by atoms with Crippen LogP contribution in [0.1, 0.15) is 44.2 Å². The van der Waals surface area contributed by atoms with Gasteiger partial charge in [-0.15, -0.1) is 11.3 Å². The molecule has 124 valence electrons. The Hall–Kier alpha value is -1.47. The van der Waals surface area contributed by atoms with Crippen LogP contribution in [0.15, 0.2) is 5.38 Å². The second-order valence-corrected chi connectivity index (χ2v) is 8.37. The first-order chi connectivity index (χ1) is 11.1. The van der Waals surface area contributed by atoms with E-state index in [4.69, 9.17) is 5.21 Å².